The van der Waals surface area contributed by atoms with Gasteiger partial charge in [0.1, 0.15) is 0 Å². The minimum absolute atomic E-state index is 0.216. The van der Waals surface area contributed by atoms with Gasteiger partial charge < -0.3 is 10.2 Å². The van der Waals surface area contributed by atoms with Gasteiger partial charge in [-0.05, 0) is 30.0 Å². The van der Waals surface area contributed by atoms with Gasteiger partial charge in [0.25, 0.3) is 0 Å². The van der Waals surface area contributed by atoms with Gasteiger partial charge in [-0.25, -0.2) is 0 Å². The number of benzene rings is 1. The average Bonchev–Trinajstić information content (AvgIpc) is 2.49. The molecule has 0 bridgehead atoms. The normalized spacial score (nSPS) is 22.6. The van der Waals surface area contributed by atoms with Gasteiger partial charge in [0, 0.05) is 25.3 Å². The van der Waals surface area contributed by atoms with Gasteiger partial charge in [0.05, 0.1) is 18.5 Å². The molecule has 19 heavy (non-hydrogen) atoms. The molecule has 0 amide bonds. The van der Waals surface area contributed by atoms with Crippen LogP contribution in [-0.2, 0) is 0 Å². The molecule has 1 unspecified atom stereocenters. The van der Waals surface area contributed by atoms with E-state index in [1.165, 1.54) is 11.3 Å². The summed E-state index contributed by atoms with van der Waals surface area (Å²) in [4.78, 5) is 2.40. The van der Waals surface area contributed by atoms with E-state index in [0.29, 0.717) is 6.42 Å². The summed E-state index contributed by atoms with van der Waals surface area (Å²) < 4.78 is 0. The lowest BCUT2D eigenvalue weighted by molar-refractivity contribution is 0.369. The van der Waals surface area contributed by atoms with Crippen molar-refractivity contribution in [3.8, 4) is 6.07 Å². The van der Waals surface area contributed by atoms with Crippen molar-refractivity contribution in [2.24, 2.45) is 5.41 Å². The molecule has 1 fully saturated rings. The molecule has 1 heterocycles. The molecule has 1 aromatic rings. The molecule has 0 aliphatic carbocycles. The minimum Gasteiger partial charge on any atom is -0.366 e. The second kappa shape index (κ2) is 5.63. The lowest BCUT2D eigenvalue weighted by atomic mass is 9.92. The molecule has 1 aliphatic heterocycles. The molecular weight excluding hydrogens is 234 g/mol. The fourth-order valence-corrected chi connectivity index (χ4v) is 2.73. The van der Waals surface area contributed by atoms with E-state index in [-0.39, 0.29) is 11.5 Å². The summed E-state index contributed by atoms with van der Waals surface area (Å²) in [5.74, 6) is 0. The maximum atomic E-state index is 9.06. The van der Waals surface area contributed by atoms with Crippen LogP contribution in [0.25, 0.3) is 0 Å². The summed E-state index contributed by atoms with van der Waals surface area (Å²) in [6, 6.07) is 11.2. The Morgan fingerprint density at radius 2 is 2.26 bits per heavy atom. The predicted molar refractivity (Wildman–Crippen MR) is 79.2 cm³/mol. The van der Waals surface area contributed by atoms with Crippen LogP contribution in [0.4, 0.5) is 5.69 Å². The number of hydrogen-bond acceptors (Lipinski definition) is 3. The zero-order chi connectivity index (χ0) is 13.9. The maximum absolute atomic E-state index is 9.06. The first kappa shape index (κ1) is 13.9. The molecule has 1 aliphatic rings. The van der Waals surface area contributed by atoms with Crippen LogP contribution < -0.4 is 10.2 Å². The number of rotatable bonds is 2. The third kappa shape index (κ3) is 3.48. The van der Waals surface area contributed by atoms with Crippen molar-refractivity contribution in [2.75, 3.05) is 24.5 Å². The number of anilines is 1. The third-order valence-electron chi connectivity index (χ3n) is 3.68. The van der Waals surface area contributed by atoms with Gasteiger partial charge >= 0.3 is 0 Å². The topological polar surface area (TPSA) is 39.1 Å². The highest BCUT2D eigenvalue weighted by molar-refractivity contribution is 5.50. The number of nitriles is 1. The van der Waals surface area contributed by atoms with Crippen molar-refractivity contribution >= 4 is 5.69 Å². The number of nitrogens with zero attached hydrogens (tertiary/aromatic N) is 2. The first-order valence-electron chi connectivity index (χ1n) is 6.93. The average molecular weight is 257 g/mol. The Morgan fingerprint density at radius 3 is 2.95 bits per heavy atom. The Bertz CT molecular complexity index is 473. The smallest absolute Gasteiger partial charge is 0.0643 e. The molecule has 0 radical (unpaired) electrons. The largest absolute Gasteiger partial charge is 0.366 e. The van der Waals surface area contributed by atoms with Crippen LogP contribution in [0.15, 0.2) is 24.3 Å². The molecular formula is C16H23N3. The molecule has 1 N–H and O–H groups in total. The molecule has 2 rings (SSSR count). The molecule has 0 aromatic heterocycles. The van der Waals surface area contributed by atoms with Gasteiger partial charge in [0.2, 0.25) is 0 Å². The monoisotopic (exact) mass is 257 g/mol. The van der Waals surface area contributed by atoms with E-state index in [0.717, 1.165) is 19.6 Å². The molecule has 1 saturated heterocycles. The molecule has 0 saturated carbocycles. The fraction of sp³-hybridized carbons (Fsp3) is 0.562. The SMILES string of the molecule is Cc1cccc(N2CC(C)(C)CNCC2CC#N)c1. The number of nitrogens with one attached hydrogen (secondary N) is 1. The van der Waals surface area contributed by atoms with E-state index in [2.05, 4.69) is 61.3 Å². The second-order valence-corrected chi connectivity index (χ2v) is 6.28. The number of aryl methyl sites for hydroxylation is 1. The molecule has 3 heteroatoms. The van der Waals surface area contributed by atoms with Crippen molar-refractivity contribution in [3.63, 3.8) is 0 Å². The highest BCUT2D eigenvalue weighted by Gasteiger charge is 2.30. The van der Waals surface area contributed by atoms with E-state index < -0.39 is 0 Å². The van der Waals surface area contributed by atoms with E-state index >= 15 is 0 Å². The van der Waals surface area contributed by atoms with E-state index in [9.17, 15) is 0 Å². The lowest BCUT2D eigenvalue weighted by Crippen LogP contribution is -2.41. The summed E-state index contributed by atoms with van der Waals surface area (Å²) in [7, 11) is 0. The Labute approximate surface area is 116 Å². The summed E-state index contributed by atoms with van der Waals surface area (Å²) in [5, 5.41) is 12.5. The van der Waals surface area contributed by atoms with E-state index in [1.54, 1.807) is 0 Å². The molecule has 102 valence electrons. The van der Waals surface area contributed by atoms with Crippen molar-refractivity contribution in [1.29, 1.82) is 5.26 Å². The third-order valence-corrected chi connectivity index (χ3v) is 3.68. The zero-order valence-corrected chi connectivity index (χ0v) is 12.1. The Hall–Kier alpha value is -1.53. The van der Waals surface area contributed by atoms with Gasteiger partial charge in [-0.15, -0.1) is 0 Å². The van der Waals surface area contributed by atoms with Crippen molar-refractivity contribution in [3.05, 3.63) is 29.8 Å². The first-order valence-corrected chi connectivity index (χ1v) is 6.93. The van der Waals surface area contributed by atoms with Crippen LogP contribution in [0.2, 0.25) is 0 Å². The van der Waals surface area contributed by atoms with Gasteiger partial charge in [-0.1, -0.05) is 26.0 Å². The molecule has 3 nitrogen and oxygen atoms in total. The first-order chi connectivity index (χ1) is 9.02. The number of hydrogen-bond donors (Lipinski definition) is 1. The van der Waals surface area contributed by atoms with Gasteiger partial charge in [0.15, 0.2) is 0 Å². The minimum atomic E-state index is 0.216. The van der Waals surface area contributed by atoms with E-state index in [1.807, 2.05) is 0 Å². The van der Waals surface area contributed by atoms with Crippen LogP contribution >= 0.6 is 0 Å². The van der Waals surface area contributed by atoms with Crippen molar-refractivity contribution in [2.45, 2.75) is 33.2 Å². The summed E-state index contributed by atoms with van der Waals surface area (Å²) in [6.07, 6.45) is 0.566. The van der Waals surface area contributed by atoms with Gasteiger partial charge in [-0.3, -0.25) is 0 Å². The quantitative estimate of drug-likeness (QED) is 0.885. The Balaban J connectivity index is 2.32. The molecule has 1 aromatic carbocycles. The Morgan fingerprint density at radius 1 is 1.47 bits per heavy atom. The summed E-state index contributed by atoms with van der Waals surface area (Å²) >= 11 is 0. The molecule has 0 spiro atoms. The van der Waals surface area contributed by atoms with E-state index in [4.69, 9.17) is 5.26 Å². The zero-order valence-electron chi connectivity index (χ0n) is 12.1. The van der Waals surface area contributed by atoms with Crippen LogP contribution in [0.3, 0.4) is 0 Å². The van der Waals surface area contributed by atoms with Crippen LogP contribution in [0.1, 0.15) is 25.8 Å². The standard InChI is InChI=1S/C16H23N3/c1-13-5-4-6-14(9-13)19-12-16(2,3)11-18-10-15(19)7-8-17/h4-6,9,15,18H,7,10-12H2,1-3H3. The van der Waals surface area contributed by atoms with Crippen molar-refractivity contribution in [1.82, 2.24) is 5.32 Å². The predicted octanol–water partition coefficient (Wildman–Crippen LogP) is 2.71. The second-order valence-electron chi connectivity index (χ2n) is 6.28. The highest BCUT2D eigenvalue weighted by Crippen LogP contribution is 2.27. The van der Waals surface area contributed by atoms with Crippen LogP contribution in [0, 0.1) is 23.7 Å². The van der Waals surface area contributed by atoms with Crippen LogP contribution in [-0.4, -0.2) is 25.7 Å². The van der Waals surface area contributed by atoms with Crippen molar-refractivity contribution < 1.29 is 0 Å². The summed E-state index contributed by atoms with van der Waals surface area (Å²) in [5.41, 5.74) is 2.72. The maximum Gasteiger partial charge on any atom is 0.0643 e. The van der Waals surface area contributed by atoms with Gasteiger partial charge in [-0.2, -0.15) is 5.26 Å². The summed E-state index contributed by atoms with van der Waals surface area (Å²) in [6.45, 7) is 9.52. The highest BCUT2D eigenvalue weighted by atomic mass is 15.2. The fourth-order valence-electron chi connectivity index (χ4n) is 2.73. The Kier molecular flexibility index (Phi) is 4.11. The van der Waals surface area contributed by atoms with Crippen LogP contribution in [0.5, 0.6) is 0 Å². The lowest BCUT2D eigenvalue weighted by Gasteiger charge is -2.35. The molecule has 1 atom stereocenters.